The SMILES string of the molecule is CNc1nc(C)nc(NC2CC3CCC2O3)c1C. The predicted molar refractivity (Wildman–Crippen MR) is 71.0 cm³/mol. The molecule has 3 rings (SSSR count). The van der Waals surface area contributed by atoms with Crippen molar-refractivity contribution in [1.82, 2.24) is 9.97 Å². The summed E-state index contributed by atoms with van der Waals surface area (Å²) in [5.41, 5.74) is 1.07. The molecule has 3 heterocycles. The van der Waals surface area contributed by atoms with E-state index in [1.54, 1.807) is 0 Å². The third kappa shape index (κ3) is 1.92. The molecule has 0 saturated carbocycles. The van der Waals surface area contributed by atoms with Gasteiger partial charge in [0.1, 0.15) is 17.5 Å². The van der Waals surface area contributed by atoms with Gasteiger partial charge >= 0.3 is 0 Å². The Kier molecular flexibility index (Phi) is 2.86. The van der Waals surface area contributed by atoms with Gasteiger partial charge in [-0.25, -0.2) is 9.97 Å². The maximum Gasteiger partial charge on any atom is 0.135 e. The lowest BCUT2D eigenvalue weighted by Gasteiger charge is -2.22. The average Bonchev–Trinajstić information content (AvgIpc) is 2.95. The number of nitrogens with one attached hydrogen (secondary N) is 2. The zero-order valence-corrected chi connectivity index (χ0v) is 11.2. The molecule has 0 radical (unpaired) electrons. The molecule has 1 aromatic rings. The van der Waals surface area contributed by atoms with Crippen LogP contribution in [-0.4, -0.2) is 35.3 Å². The second kappa shape index (κ2) is 4.39. The van der Waals surface area contributed by atoms with Gasteiger partial charge in [-0.2, -0.15) is 0 Å². The van der Waals surface area contributed by atoms with Crippen molar-refractivity contribution in [3.05, 3.63) is 11.4 Å². The van der Waals surface area contributed by atoms with Crippen LogP contribution in [0.2, 0.25) is 0 Å². The zero-order valence-electron chi connectivity index (χ0n) is 11.2. The predicted octanol–water partition coefficient (Wildman–Crippen LogP) is 1.87. The minimum atomic E-state index is 0.364. The van der Waals surface area contributed by atoms with Crippen LogP contribution in [-0.2, 0) is 4.74 Å². The quantitative estimate of drug-likeness (QED) is 0.855. The van der Waals surface area contributed by atoms with Crippen molar-refractivity contribution >= 4 is 11.6 Å². The van der Waals surface area contributed by atoms with E-state index in [1.165, 1.54) is 12.8 Å². The second-order valence-electron chi connectivity index (χ2n) is 5.20. The Morgan fingerprint density at radius 3 is 2.56 bits per heavy atom. The molecule has 1 aromatic heterocycles. The summed E-state index contributed by atoms with van der Waals surface area (Å²) in [6.45, 7) is 3.96. The molecule has 0 amide bonds. The molecule has 2 aliphatic rings. The molecule has 18 heavy (non-hydrogen) atoms. The Morgan fingerprint density at radius 2 is 1.94 bits per heavy atom. The van der Waals surface area contributed by atoms with Gasteiger partial charge in [-0.1, -0.05) is 0 Å². The normalized spacial score (nSPS) is 29.6. The minimum absolute atomic E-state index is 0.364. The molecule has 2 saturated heterocycles. The highest BCUT2D eigenvalue weighted by Gasteiger charge is 2.41. The van der Waals surface area contributed by atoms with E-state index in [9.17, 15) is 0 Å². The molecule has 2 fully saturated rings. The molecule has 0 aliphatic carbocycles. The standard InChI is InChI=1S/C13H20N4O/c1-7-12(14-3)15-8(2)16-13(7)17-10-6-9-4-5-11(10)18-9/h9-11H,4-6H2,1-3H3,(H2,14,15,16,17). The Morgan fingerprint density at radius 1 is 1.17 bits per heavy atom. The van der Waals surface area contributed by atoms with Crippen LogP contribution in [0, 0.1) is 13.8 Å². The Hall–Kier alpha value is -1.36. The fourth-order valence-electron chi connectivity index (χ4n) is 2.98. The van der Waals surface area contributed by atoms with Crippen LogP contribution in [0.15, 0.2) is 0 Å². The molecular weight excluding hydrogens is 228 g/mol. The lowest BCUT2D eigenvalue weighted by atomic mass is 9.95. The summed E-state index contributed by atoms with van der Waals surface area (Å²) in [4.78, 5) is 8.89. The van der Waals surface area contributed by atoms with Crippen LogP contribution in [0.3, 0.4) is 0 Å². The Bertz CT molecular complexity index is 463. The van der Waals surface area contributed by atoms with E-state index in [2.05, 4.69) is 20.6 Å². The number of anilines is 2. The third-order valence-electron chi connectivity index (χ3n) is 3.92. The monoisotopic (exact) mass is 248 g/mol. The number of hydrogen-bond donors (Lipinski definition) is 2. The van der Waals surface area contributed by atoms with Gasteiger partial charge in [0.25, 0.3) is 0 Å². The fourth-order valence-corrected chi connectivity index (χ4v) is 2.98. The van der Waals surface area contributed by atoms with Crippen molar-refractivity contribution in [2.75, 3.05) is 17.7 Å². The van der Waals surface area contributed by atoms with E-state index in [4.69, 9.17) is 4.74 Å². The summed E-state index contributed by atoms with van der Waals surface area (Å²) in [6.07, 6.45) is 4.31. The van der Waals surface area contributed by atoms with Crippen molar-refractivity contribution in [2.45, 2.75) is 51.4 Å². The van der Waals surface area contributed by atoms with Gasteiger partial charge < -0.3 is 15.4 Å². The number of rotatable bonds is 3. The average molecular weight is 248 g/mol. The smallest absolute Gasteiger partial charge is 0.135 e. The third-order valence-corrected chi connectivity index (χ3v) is 3.92. The van der Waals surface area contributed by atoms with Gasteiger partial charge in [-0.05, 0) is 33.1 Å². The first-order valence-corrected chi connectivity index (χ1v) is 6.62. The van der Waals surface area contributed by atoms with Crippen molar-refractivity contribution < 1.29 is 4.74 Å². The van der Waals surface area contributed by atoms with Crippen molar-refractivity contribution in [3.63, 3.8) is 0 Å². The molecule has 5 heteroatoms. The van der Waals surface area contributed by atoms with Crippen LogP contribution in [0.25, 0.3) is 0 Å². The van der Waals surface area contributed by atoms with Gasteiger partial charge in [0.05, 0.1) is 18.2 Å². The molecule has 98 valence electrons. The van der Waals surface area contributed by atoms with Crippen molar-refractivity contribution in [1.29, 1.82) is 0 Å². The van der Waals surface area contributed by atoms with Crippen LogP contribution in [0.5, 0.6) is 0 Å². The van der Waals surface area contributed by atoms with Gasteiger partial charge in [-0.15, -0.1) is 0 Å². The fraction of sp³-hybridized carbons (Fsp3) is 0.692. The van der Waals surface area contributed by atoms with Crippen LogP contribution < -0.4 is 10.6 Å². The maximum atomic E-state index is 5.86. The first kappa shape index (κ1) is 11.7. The summed E-state index contributed by atoms with van der Waals surface area (Å²) in [7, 11) is 1.89. The molecule has 2 N–H and O–H groups in total. The van der Waals surface area contributed by atoms with Crippen molar-refractivity contribution in [3.8, 4) is 0 Å². The lowest BCUT2D eigenvalue weighted by Crippen LogP contribution is -2.31. The highest BCUT2D eigenvalue weighted by molar-refractivity contribution is 5.57. The topological polar surface area (TPSA) is 59.1 Å². The van der Waals surface area contributed by atoms with E-state index >= 15 is 0 Å². The van der Waals surface area contributed by atoms with E-state index in [1.807, 2.05) is 20.9 Å². The van der Waals surface area contributed by atoms with Gasteiger partial charge in [-0.3, -0.25) is 0 Å². The molecule has 2 bridgehead atoms. The molecular formula is C13H20N4O. The molecule has 3 unspecified atom stereocenters. The number of fused-ring (bicyclic) bond motifs is 2. The highest BCUT2D eigenvalue weighted by atomic mass is 16.5. The summed E-state index contributed by atoms with van der Waals surface area (Å²) >= 11 is 0. The van der Waals surface area contributed by atoms with E-state index in [0.717, 1.165) is 29.4 Å². The summed E-state index contributed by atoms with van der Waals surface area (Å²) < 4.78 is 5.86. The van der Waals surface area contributed by atoms with Gasteiger partial charge in [0, 0.05) is 12.6 Å². The van der Waals surface area contributed by atoms with Crippen LogP contribution in [0.4, 0.5) is 11.6 Å². The summed E-state index contributed by atoms with van der Waals surface area (Å²) in [5, 5.41) is 6.65. The minimum Gasteiger partial charge on any atom is -0.373 e. The first-order chi connectivity index (χ1) is 8.67. The molecule has 2 aliphatic heterocycles. The Balaban J connectivity index is 1.82. The highest BCUT2D eigenvalue weighted by Crippen LogP contribution is 2.36. The Labute approximate surface area is 107 Å². The zero-order chi connectivity index (χ0) is 12.7. The summed E-state index contributed by atoms with van der Waals surface area (Å²) in [5.74, 6) is 2.62. The van der Waals surface area contributed by atoms with Crippen LogP contribution in [0.1, 0.15) is 30.7 Å². The number of nitrogens with zero attached hydrogens (tertiary/aromatic N) is 2. The number of hydrogen-bond acceptors (Lipinski definition) is 5. The lowest BCUT2D eigenvalue weighted by molar-refractivity contribution is 0.102. The second-order valence-corrected chi connectivity index (χ2v) is 5.20. The first-order valence-electron chi connectivity index (χ1n) is 6.62. The summed E-state index contributed by atoms with van der Waals surface area (Å²) in [6, 6.07) is 0.404. The van der Waals surface area contributed by atoms with Gasteiger partial charge in [0.2, 0.25) is 0 Å². The number of ether oxygens (including phenoxy) is 1. The molecule has 0 spiro atoms. The number of aromatic nitrogens is 2. The molecule has 3 atom stereocenters. The molecule has 0 aromatic carbocycles. The van der Waals surface area contributed by atoms with Crippen molar-refractivity contribution in [2.24, 2.45) is 0 Å². The van der Waals surface area contributed by atoms with E-state index in [-0.39, 0.29) is 0 Å². The largest absolute Gasteiger partial charge is 0.373 e. The van der Waals surface area contributed by atoms with E-state index in [0.29, 0.717) is 18.2 Å². The maximum absolute atomic E-state index is 5.86. The van der Waals surface area contributed by atoms with Crippen LogP contribution >= 0.6 is 0 Å². The van der Waals surface area contributed by atoms with Gasteiger partial charge in [0.15, 0.2) is 0 Å². The number of aryl methyl sites for hydroxylation is 1. The van der Waals surface area contributed by atoms with E-state index < -0.39 is 0 Å². The molecule has 5 nitrogen and oxygen atoms in total.